The van der Waals surface area contributed by atoms with Gasteiger partial charge in [0.1, 0.15) is 11.5 Å². The highest BCUT2D eigenvalue weighted by Crippen LogP contribution is 2.34. The molecule has 4 N–H and O–H groups in total. The highest BCUT2D eigenvalue weighted by atomic mass is 19.4. The molecule has 0 saturated heterocycles. The minimum absolute atomic E-state index is 0.0849. The summed E-state index contributed by atoms with van der Waals surface area (Å²) in [6.45, 7) is 0.303. The number of aliphatic hydroxyl groups excluding tert-OH is 1. The number of imidazole rings is 2. The number of aromatic amines is 2. The van der Waals surface area contributed by atoms with Crippen molar-refractivity contribution >= 4 is 5.97 Å². The molecule has 0 aromatic carbocycles. The summed E-state index contributed by atoms with van der Waals surface area (Å²) in [5.74, 6) is -3.52. The van der Waals surface area contributed by atoms with Crippen molar-refractivity contribution in [1.82, 2.24) is 34.7 Å². The van der Waals surface area contributed by atoms with E-state index in [1.165, 1.54) is 12.5 Å². The summed E-state index contributed by atoms with van der Waals surface area (Å²) >= 11 is 0. The number of aromatic nitrogens is 7. The van der Waals surface area contributed by atoms with Crippen LogP contribution in [0.25, 0.3) is 22.9 Å². The van der Waals surface area contributed by atoms with E-state index in [2.05, 4.69) is 30.1 Å². The van der Waals surface area contributed by atoms with Gasteiger partial charge in [-0.25, -0.2) is 19.7 Å². The minimum atomic E-state index is -5.08. The van der Waals surface area contributed by atoms with Crippen molar-refractivity contribution in [2.45, 2.75) is 31.4 Å². The van der Waals surface area contributed by atoms with Gasteiger partial charge in [0.15, 0.2) is 5.82 Å². The quantitative estimate of drug-likeness (QED) is 0.444. The zero-order valence-corrected chi connectivity index (χ0v) is 14.5. The molecule has 0 aliphatic carbocycles. The summed E-state index contributed by atoms with van der Waals surface area (Å²) < 4.78 is 71.5. The Kier molecular flexibility index (Phi) is 5.27. The van der Waals surface area contributed by atoms with Crippen LogP contribution in [0.15, 0.2) is 12.5 Å². The number of hydrogen-bond donors (Lipinski definition) is 4. The minimum Gasteiger partial charge on any atom is -0.475 e. The number of carbonyl (C=O) groups is 1. The molecule has 1 aliphatic heterocycles. The van der Waals surface area contributed by atoms with Crippen LogP contribution in [0.4, 0.5) is 26.3 Å². The standard InChI is InChI=1S/C12H10F3N7O.C2HF3O2/c13-12(14,15)11-19-10(20-21-11)8-9(6-2-16-4-17-6)22-3-5(23)1-7(22)18-8;3-2(4,5)1(6)7/h2,4-5,23H,1,3H2,(H,16,17)(H,19,20,21);(H,6,7). The van der Waals surface area contributed by atoms with Gasteiger partial charge in [0, 0.05) is 6.42 Å². The lowest BCUT2D eigenvalue weighted by molar-refractivity contribution is -0.192. The van der Waals surface area contributed by atoms with Crippen molar-refractivity contribution in [3.05, 3.63) is 24.2 Å². The average molecular weight is 439 g/mol. The third kappa shape index (κ3) is 4.27. The van der Waals surface area contributed by atoms with Crippen LogP contribution in [0.1, 0.15) is 11.6 Å². The first-order valence-electron chi connectivity index (χ1n) is 7.94. The van der Waals surface area contributed by atoms with Gasteiger partial charge in [-0.05, 0) is 0 Å². The molecule has 0 saturated carbocycles. The number of aliphatic hydroxyl groups is 1. The number of nitrogens with zero attached hydrogens (tertiary/aromatic N) is 5. The first kappa shape index (κ1) is 21.3. The van der Waals surface area contributed by atoms with Gasteiger partial charge in [-0.1, -0.05) is 0 Å². The van der Waals surface area contributed by atoms with Crippen LogP contribution in [0, 0.1) is 0 Å². The smallest absolute Gasteiger partial charge is 0.475 e. The summed E-state index contributed by atoms with van der Waals surface area (Å²) in [7, 11) is 0. The summed E-state index contributed by atoms with van der Waals surface area (Å²) in [4.78, 5) is 23.5. The molecule has 4 rings (SSSR count). The van der Waals surface area contributed by atoms with E-state index in [4.69, 9.17) is 9.90 Å². The second-order valence-corrected chi connectivity index (χ2v) is 5.97. The van der Waals surface area contributed by atoms with Crippen molar-refractivity contribution in [3.63, 3.8) is 0 Å². The number of H-pyrrole nitrogens is 2. The van der Waals surface area contributed by atoms with E-state index in [0.29, 0.717) is 30.2 Å². The fourth-order valence-electron chi connectivity index (χ4n) is 2.66. The lowest BCUT2D eigenvalue weighted by atomic mass is 10.2. The molecule has 162 valence electrons. The zero-order valence-electron chi connectivity index (χ0n) is 14.5. The highest BCUT2D eigenvalue weighted by molar-refractivity contribution is 5.74. The Morgan fingerprint density at radius 3 is 2.37 bits per heavy atom. The average Bonchev–Trinajstić information content (AvgIpc) is 3.36. The summed E-state index contributed by atoms with van der Waals surface area (Å²) in [5.41, 5.74) is 1.32. The third-order valence-corrected chi connectivity index (χ3v) is 3.82. The molecule has 0 amide bonds. The van der Waals surface area contributed by atoms with Crippen LogP contribution in [0.2, 0.25) is 0 Å². The molecule has 1 aliphatic rings. The van der Waals surface area contributed by atoms with E-state index in [1.54, 1.807) is 4.57 Å². The number of rotatable bonds is 2. The Balaban J connectivity index is 0.000000318. The van der Waals surface area contributed by atoms with Crippen molar-refractivity contribution in [2.75, 3.05) is 0 Å². The fourth-order valence-corrected chi connectivity index (χ4v) is 2.66. The number of hydrogen-bond acceptors (Lipinski definition) is 6. The Hall–Kier alpha value is -3.43. The molecule has 30 heavy (non-hydrogen) atoms. The van der Waals surface area contributed by atoms with Gasteiger partial charge in [-0.3, -0.25) is 5.10 Å². The zero-order chi connectivity index (χ0) is 22.3. The highest BCUT2D eigenvalue weighted by Gasteiger charge is 2.38. The molecule has 1 atom stereocenters. The van der Waals surface area contributed by atoms with Gasteiger partial charge in [0.25, 0.3) is 5.82 Å². The number of carboxylic acids is 1. The van der Waals surface area contributed by atoms with Crippen LogP contribution >= 0.6 is 0 Å². The third-order valence-electron chi connectivity index (χ3n) is 3.82. The van der Waals surface area contributed by atoms with Gasteiger partial charge < -0.3 is 19.8 Å². The fraction of sp³-hybridized carbons (Fsp3) is 0.357. The molecule has 0 radical (unpaired) electrons. The molecule has 10 nitrogen and oxygen atoms in total. The number of carboxylic acid groups (broad SMARTS) is 1. The van der Waals surface area contributed by atoms with Gasteiger partial charge in [0.2, 0.25) is 0 Å². The largest absolute Gasteiger partial charge is 0.490 e. The van der Waals surface area contributed by atoms with E-state index < -0.39 is 30.3 Å². The van der Waals surface area contributed by atoms with Crippen LogP contribution in [-0.2, 0) is 23.9 Å². The van der Waals surface area contributed by atoms with Crippen LogP contribution in [-0.4, -0.2) is 63.2 Å². The Morgan fingerprint density at radius 1 is 1.20 bits per heavy atom. The summed E-state index contributed by atoms with van der Waals surface area (Å²) in [6, 6.07) is 0. The first-order valence-corrected chi connectivity index (χ1v) is 7.94. The lowest BCUT2D eigenvalue weighted by Crippen LogP contribution is -2.21. The van der Waals surface area contributed by atoms with E-state index in [-0.39, 0.29) is 11.5 Å². The van der Waals surface area contributed by atoms with Gasteiger partial charge in [-0.2, -0.15) is 26.3 Å². The lowest BCUT2D eigenvalue weighted by Gasteiger charge is -2.06. The van der Waals surface area contributed by atoms with Crippen molar-refractivity contribution in [3.8, 4) is 22.9 Å². The monoisotopic (exact) mass is 439 g/mol. The molecule has 0 bridgehead atoms. The van der Waals surface area contributed by atoms with Crippen LogP contribution < -0.4 is 0 Å². The van der Waals surface area contributed by atoms with Crippen LogP contribution in [0.3, 0.4) is 0 Å². The van der Waals surface area contributed by atoms with Gasteiger partial charge in [0.05, 0.1) is 36.6 Å². The first-order chi connectivity index (χ1) is 13.9. The maximum atomic E-state index is 12.7. The van der Waals surface area contributed by atoms with E-state index >= 15 is 0 Å². The number of alkyl halides is 6. The second kappa shape index (κ2) is 7.43. The molecule has 1 unspecified atom stereocenters. The van der Waals surface area contributed by atoms with Crippen molar-refractivity contribution < 1.29 is 41.4 Å². The molecule has 0 fully saturated rings. The van der Waals surface area contributed by atoms with Crippen molar-refractivity contribution in [2.24, 2.45) is 0 Å². The molecular weight excluding hydrogens is 428 g/mol. The second-order valence-electron chi connectivity index (χ2n) is 5.97. The number of fused-ring (bicyclic) bond motifs is 1. The SMILES string of the molecule is O=C(O)C(F)(F)F.OC1Cc2nc(-c3nc(C(F)(F)F)n[nH]3)c(-c3cnc[nH]3)n2C1. The number of nitrogens with one attached hydrogen (secondary N) is 2. The molecule has 0 spiro atoms. The topological polar surface area (TPSA) is 146 Å². The maximum absolute atomic E-state index is 12.7. The Labute approximate surface area is 161 Å². The van der Waals surface area contributed by atoms with Gasteiger partial charge in [-0.15, -0.1) is 5.10 Å². The van der Waals surface area contributed by atoms with E-state index in [9.17, 15) is 31.4 Å². The molecule has 3 aromatic heterocycles. The van der Waals surface area contributed by atoms with E-state index in [0.717, 1.165) is 0 Å². The Morgan fingerprint density at radius 2 is 1.87 bits per heavy atom. The Bertz CT molecular complexity index is 1040. The predicted molar refractivity (Wildman–Crippen MR) is 83.6 cm³/mol. The summed E-state index contributed by atoms with van der Waals surface area (Å²) in [6.07, 6.45) is -7.00. The van der Waals surface area contributed by atoms with Gasteiger partial charge >= 0.3 is 18.3 Å². The molecule has 3 aromatic rings. The molecular formula is C14H11F6N7O3. The van der Waals surface area contributed by atoms with Crippen LogP contribution in [0.5, 0.6) is 0 Å². The van der Waals surface area contributed by atoms with Crippen molar-refractivity contribution in [1.29, 1.82) is 0 Å². The predicted octanol–water partition coefficient (Wildman–Crippen LogP) is 1.63. The number of aliphatic carboxylic acids is 1. The van der Waals surface area contributed by atoms with E-state index in [1.807, 2.05) is 0 Å². The molecule has 4 heterocycles. The normalized spacial score (nSPS) is 16.2. The maximum Gasteiger partial charge on any atom is 0.490 e. The molecule has 16 heteroatoms. The number of halogens is 6. The summed E-state index contributed by atoms with van der Waals surface area (Å²) in [5, 5.41) is 22.4.